The number of hydrogen-bond acceptors (Lipinski definition) is 4. The van der Waals surface area contributed by atoms with Crippen molar-refractivity contribution in [1.82, 2.24) is 9.66 Å². The van der Waals surface area contributed by atoms with Gasteiger partial charge in [0.25, 0.3) is 5.56 Å². The van der Waals surface area contributed by atoms with Gasteiger partial charge in [-0.2, -0.15) is 9.78 Å². The summed E-state index contributed by atoms with van der Waals surface area (Å²) in [7, 11) is 0. The van der Waals surface area contributed by atoms with Crippen LogP contribution in [0.3, 0.4) is 0 Å². The highest BCUT2D eigenvalue weighted by molar-refractivity contribution is 14.1. The summed E-state index contributed by atoms with van der Waals surface area (Å²) in [5.74, 6) is 1.81. The summed E-state index contributed by atoms with van der Waals surface area (Å²) >= 11 is 5.78. The summed E-state index contributed by atoms with van der Waals surface area (Å²) in [6.45, 7) is 0.489. The summed E-state index contributed by atoms with van der Waals surface area (Å²) < 4.78 is 9.55. The summed E-state index contributed by atoms with van der Waals surface area (Å²) in [6, 6.07) is 26.3. The summed E-state index contributed by atoms with van der Waals surface area (Å²) in [5, 5.41) is 7.66. The lowest BCUT2D eigenvalue weighted by Gasteiger charge is -2.22. The Hall–Kier alpha value is -3.04. The molecule has 39 heavy (non-hydrogen) atoms. The maximum Gasteiger partial charge on any atom is 0.282 e. The molecule has 0 N–H and O–H groups in total. The van der Waals surface area contributed by atoms with E-state index in [0.29, 0.717) is 12.0 Å². The molecule has 5 aromatic rings. The minimum Gasteiger partial charge on any atom is -0.488 e. The zero-order valence-electron chi connectivity index (χ0n) is 21.3. The van der Waals surface area contributed by atoms with Crippen molar-refractivity contribution in [3.63, 3.8) is 0 Å². The molecule has 7 heteroatoms. The largest absolute Gasteiger partial charge is 0.488 e. The number of ether oxygens (including phenoxy) is 1. The molecular weight excluding hydrogens is 665 g/mol. The fourth-order valence-electron chi connectivity index (χ4n) is 5.32. The van der Waals surface area contributed by atoms with E-state index in [0.717, 1.165) is 61.9 Å². The van der Waals surface area contributed by atoms with Crippen LogP contribution in [-0.2, 0) is 6.61 Å². The van der Waals surface area contributed by atoms with Crippen molar-refractivity contribution >= 4 is 66.4 Å². The Balaban J connectivity index is 1.28. The molecular formula is C32H27BrIN3O2. The van der Waals surface area contributed by atoms with Crippen LogP contribution in [0, 0.1) is 3.57 Å². The Morgan fingerprint density at radius 2 is 1.79 bits per heavy atom. The lowest BCUT2D eigenvalue weighted by atomic mass is 9.88. The first-order valence-corrected chi connectivity index (χ1v) is 15.1. The van der Waals surface area contributed by atoms with Crippen LogP contribution in [0.15, 0.2) is 93.2 Å². The van der Waals surface area contributed by atoms with E-state index in [1.54, 1.807) is 6.21 Å². The Labute approximate surface area is 249 Å². The average Bonchev–Trinajstić information content (AvgIpc) is 2.97. The van der Waals surface area contributed by atoms with Crippen LogP contribution in [0.25, 0.3) is 21.7 Å². The van der Waals surface area contributed by atoms with E-state index < -0.39 is 0 Å². The first kappa shape index (κ1) is 26.2. The van der Waals surface area contributed by atoms with Gasteiger partial charge in [0.05, 0.1) is 20.7 Å². The molecule has 0 saturated heterocycles. The van der Waals surface area contributed by atoms with Crippen LogP contribution in [0.2, 0.25) is 0 Å². The molecule has 6 rings (SSSR count). The second-order valence-electron chi connectivity index (χ2n) is 9.94. The van der Waals surface area contributed by atoms with Crippen molar-refractivity contribution in [2.45, 2.75) is 44.6 Å². The number of nitrogens with zero attached hydrogens (tertiary/aromatic N) is 3. The molecule has 4 aromatic carbocycles. The van der Waals surface area contributed by atoms with Gasteiger partial charge in [-0.3, -0.25) is 4.79 Å². The number of hydrogen-bond donors (Lipinski definition) is 0. The Bertz CT molecular complexity index is 1750. The van der Waals surface area contributed by atoms with E-state index in [1.807, 2.05) is 36.4 Å². The fraction of sp³-hybridized carbons (Fsp3) is 0.219. The van der Waals surface area contributed by atoms with Gasteiger partial charge < -0.3 is 4.74 Å². The second-order valence-corrected chi connectivity index (χ2v) is 12.0. The van der Waals surface area contributed by atoms with Crippen LogP contribution < -0.4 is 10.3 Å². The van der Waals surface area contributed by atoms with Crippen molar-refractivity contribution in [2.24, 2.45) is 5.10 Å². The van der Waals surface area contributed by atoms with Crippen LogP contribution in [0.1, 0.15) is 55.0 Å². The molecule has 0 bridgehead atoms. The van der Waals surface area contributed by atoms with Crippen molar-refractivity contribution in [3.8, 4) is 5.75 Å². The van der Waals surface area contributed by atoms with Crippen LogP contribution >= 0.6 is 38.5 Å². The summed E-state index contributed by atoms with van der Waals surface area (Å²) in [5.41, 5.74) is 2.63. The normalized spacial score (nSPS) is 14.4. The van der Waals surface area contributed by atoms with Gasteiger partial charge in [0.15, 0.2) is 0 Å². The number of benzene rings is 4. The quantitative estimate of drug-likeness (QED) is 0.133. The SMILES string of the molecule is O=c1c2cc(Br)ccc2nc(C2CCCCC2)n1N=Cc1ccc(OCc2cccc3ccccc23)c(I)c1. The highest BCUT2D eigenvalue weighted by Gasteiger charge is 2.22. The first-order valence-electron chi connectivity index (χ1n) is 13.2. The third kappa shape index (κ3) is 5.65. The molecule has 0 amide bonds. The molecule has 1 saturated carbocycles. The minimum absolute atomic E-state index is 0.136. The standard InChI is InChI=1S/C32H27BrIN3O2/c33-25-14-15-29-27(18-25)32(38)37(31(36-29)23-8-2-1-3-9-23)35-19-21-13-16-30(28(34)17-21)39-20-24-11-6-10-22-7-4-5-12-26(22)24/h4-7,10-19,23H,1-3,8-9,20H2. The maximum absolute atomic E-state index is 13.6. The number of rotatable bonds is 6. The van der Waals surface area contributed by atoms with Gasteiger partial charge in [-0.15, -0.1) is 0 Å². The van der Waals surface area contributed by atoms with E-state index in [1.165, 1.54) is 21.9 Å². The number of fused-ring (bicyclic) bond motifs is 2. The van der Waals surface area contributed by atoms with Crippen LogP contribution in [-0.4, -0.2) is 15.9 Å². The molecule has 0 spiro atoms. The summed E-state index contributed by atoms with van der Waals surface area (Å²) in [6.07, 6.45) is 7.35. The molecule has 5 nitrogen and oxygen atoms in total. The van der Waals surface area contributed by atoms with Gasteiger partial charge in [0.1, 0.15) is 18.2 Å². The predicted molar refractivity (Wildman–Crippen MR) is 170 cm³/mol. The predicted octanol–water partition coefficient (Wildman–Crippen LogP) is 8.43. The topological polar surface area (TPSA) is 56.5 Å². The molecule has 0 aliphatic heterocycles. The molecule has 0 unspecified atom stereocenters. The molecule has 0 radical (unpaired) electrons. The van der Waals surface area contributed by atoms with E-state index in [9.17, 15) is 4.79 Å². The van der Waals surface area contributed by atoms with E-state index in [4.69, 9.17) is 9.72 Å². The highest BCUT2D eigenvalue weighted by atomic mass is 127. The third-order valence-corrected chi connectivity index (χ3v) is 8.68. The highest BCUT2D eigenvalue weighted by Crippen LogP contribution is 2.32. The smallest absolute Gasteiger partial charge is 0.282 e. The third-order valence-electron chi connectivity index (χ3n) is 7.35. The maximum atomic E-state index is 13.6. The second kappa shape index (κ2) is 11.6. The van der Waals surface area contributed by atoms with E-state index in [-0.39, 0.29) is 11.5 Å². The average molecular weight is 692 g/mol. The van der Waals surface area contributed by atoms with Gasteiger partial charge in [0.2, 0.25) is 0 Å². The Kier molecular flexibility index (Phi) is 7.79. The van der Waals surface area contributed by atoms with Crippen LogP contribution in [0.5, 0.6) is 5.75 Å². The van der Waals surface area contributed by atoms with E-state index >= 15 is 0 Å². The molecule has 0 atom stereocenters. The Morgan fingerprint density at radius 1 is 0.974 bits per heavy atom. The monoisotopic (exact) mass is 691 g/mol. The lowest BCUT2D eigenvalue weighted by molar-refractivity contribution is 0.305. The van der Waals surface area contributed by atoms with Gasteiger partial charge in [0, 0.05) is 10.4 Å². The molecule has 196 valence electrons. The molecule has 1 aromatic heterocycles. The van der Waals surface area contributed by atoms with Crippen molar-refractivity contribution in [2.75, 3.05) is 0 Å². The van der Waals surface area contributed by atoms with Crippen molar-refractivity contribution in [1.29, 1.82) is 0 Å². The van der Waals surface area contributed by atoms with Crippen LogP contribution in [0.4, 0.5) is 0 Å². The minimum atomic E-state index is -0.136. The van der Waals surface area contributed by atoms with Gasteiger partial charge in [-0.05, 0) is 93.7 Å². The zero-order valence-corrected chi connectivity index (χ0v) is 25.1. The first-order chi connectivity index (χ1) is 19.1. The van der Waals surface area contributed by atoms with Gasteiger partial charge in [-0.1, -0.05) is 77.7 Å². The van der Waals surface area contributed by atoms with E-state index in [2.05, 4.69) is 86.1 Å². The number of aromatic nitrogens is 2. The molecule has 1 fully saturated rings. The summed E-state index contributed by atoms with van der Waals surface area (Å²) in [4.78, 5) is 18.5. The lowest BCUT2D eigenvalue weighted by Crippen LogP contribution is -2.25. The van der Waals surface area contributed by atoms with Crippen molar-refractivity contribution < 1.29 is 4.74 Å². The van der Waals surface area contributed by atoms with Crippen molar-refractivity contribution in [3.05, 3.63) is 114 Å². The Morgan fingerprint density at radius 3 is 2.64 bits per heavy atom. The van der Waals surface area contributed by atoms with Gasteiger partial charge >= 0.3 is 0 Å². The molecule has 1 heterocycles. The fourth-order valence-corrected chi connectivity index (χ4v) is 6.37. The number of halogens is 2. The zero-order chi connectivity index (χ0) is 26.8. The molecule has 1 aliphatic carbocycles. The molecule has 1 aliphatic rings. The van der Waals surface area contributed by atoms with Gasteiger partial charge in [-0.25, -0.2) is 4.98 Å².